The molecule has 0 N–H and O–H groups in total. The number of rotatable bonds is 4. The Morgan fingerprint density at radius 1 is 1.00 bits per heavy atom. The first-order valence-corrected chi connectivity index (χ1v) is 7.35. The lowest BCUT2D eigenvalue weighted by Crippen LogP contribution is -2.47. The third-order valence-electron chi connectivity index (χ3n) is 3.57. The van der Waals surface area contributed by atoms with Crippen LogP contribution in [0, 0.1) is 5.92 Å². The first-order chi connectivity index (χ1) is 9.06. The van der Waals surface area contributed by atoms with E-state index in [2.05, 4.69) is 47.5 Å². The average molecular weight is 262 g/mol. The van der Waals surface area contributed by atoms with Crippen molar-refractivity contribution in [2.75, 3.05) is 37.6 Å². The molecule has 0 amide bonds. The Morgan fingerprint density at radius 2 is 1.68 bits per heavy atom. The summed E-state index contributed by atoms with van der Waals surface area (Å²) in [4.78, 5) is 13.9. The van der Waals surface area contributed by atoms with Crippen molar-refractivity contribution in [3.05, 3.63) is 18.1 Å². The number of piperazine rings is 1. The Labute approximate surface area is 116 Å². The monoisotopic (exact) mass is 262 g/mol. The van der Waals surface area contributed by atoms with Gasteiger partial charge in [-0.15, -0.1) is 0 Å². The lowest BCUT2D eigenvalue weighted by molar-refractivity contribution is 0.231. The molecule has 0 bridgehead atoms. The highest BCUT2D eigenvalue weighted by molar-refractivity contribution is 5.36. The summed E-state index contributed by atoms with van der Waals surface area (Å²) in [7, 11) is 0. The predicted octanol–water partition coefficient (Wildman–Crippen LogP) is 2.38. The molecule has 4 nitrogen and oxygen atoms in total. The van der Waals surface area contributed by atoms with Gasteiger partial charge < -0.3 is 4.90 Å². The fourth-order valence-electron chi connectivity index (χ4n) is 2.47. The number of aromatic nitrogens is 2. The van der Waals surface area contributed by atoms with Crippen LogP contribution in [0.15, 0.2) is 12.4 Å². The van der Waals surface area contributed by atoms with Crippen molar-refractivity contribution in [3.8, 4) is 0 Å². The second kappa shape index (κ2) is 6.33. The molecule has 1 fully saturated rings. The van der Waals surface area contributed by atoms with Crippen molar-refractivity contribution in [1.82, 2.24) is 14.9 Å². The van der Waals surface area contributed by atoms with E-state index >= 15 is 0 Å². The van der Waals surface area contributed by atoms with Crippen molar-refractivity contribution in [2.45, 2.75) is 33.6 Å². The van der Waals surface area contributed by atoms with Crippen LogP contribution in [0.4, 0.5) is 5.82 Å². The normalized spacial score (nSPS) is 17.5. The second-order valence-corrected chi connectivity index (χ2v) is 6.14. The molecule has 2 heterocycles. The fraction of sp³-hybridized carbons (Fsp3) is 0.733. The molecule has 19 heavy (non-hydrogen) atoms. The molecule has 0 aliphatic carbocycles. The number of hydrogen-bond donors (Lipinski definition) is 0. The van der Waals surface area contributed by atoms with Crippen LogP contribution in [0.3, 0.4) is 0 Å². The minimum atomic E-state index is 0.449. The molecular weight excluding hydrogens is 236 g/mol. The highest BCUT2D eigenvalue weighted by Crippen LogP contribution is 2.16. The van der Waals surface area contributed by atoms with Gasteiger partial charge in [0.25, 0.3) is 0 Å². The van der Waals surface area contributed by atoms with Crippen LogP contribution in [0.25, 0.3) is 0 Å². The standard InChI is InChI=1S/C15H26N4/c1-12(2)11-18-5-7-19(8-6-18)15-10-16-14(9-17-15)13(3)4/h9-10,12-13H,5-8,11H2,1-4H3. The molecule has 1 saturated heterocycles. The maximum Gasteiger partial charge on any atom is 0.147 e. The van der Waals surface area contributed by atoms with Crippen molar-refractivity contribution in [2.24, 2.45) is 5.92 Å². The Morgan fingerprint density at radius 3 is 2.16 bits per heavy atom. The van der Waals surface area contributed by atoms with Gasteiger partial charge in [0.2, 0.25) is 0 Å². The molecule has 1 aliphatic rings. The Balaban J connectivity index is 1.90. The van der Waals surface area contributed by atoms with Crippen LogP contribution < -0.4 is 4.90 Å². The lowest BCUT2D eigenvalue weighted by atomic mass is 10.1. The van der Waals surface area contributed by atoms with Gasteiger partial charge in [-0.25, -0.2) is 4.98 Å². The van der Waals surface area contributed by atoms with Crippen molar-refractivity contribution >= 4 is 5.82 Å². The zero-order valence-electron chi connectivity index (χ0n) is 12.6. The minimum Gasteiger partial charge on any atom is -0.353 e. The molecule has 0 saturated carbocycles. The minimum absolute atomic E-state index is 0.449. The Kier molecular flexibility index (Phi) is 4.75. The van der Waals surface area contributed by atoms with E-state index in [1.807, 2.05) is 12.4 Å². The third kappa shape index (κ3) is 3.90. The highest BCUT2D eigenvalue weighted by atomic mass is 15.3. The molecule has 106 valence electrons. The molecule has 1 aliphatic heterocycles. The first kappa shape index (κ1) is 14.3. The van der Waals surface area contributed by atoms with Gasteiger partial charge in [-0.05, 0) is 11.8 Å². The van der Waals surface area contributed by atoms with Gasteiger partial charge in [-0.3, -0.25) is 9.88 Å². The van der Waals surface area contributed by atoms with Crippen molar-refractivity contribution < 1.29 is 0 Å². The maximum absolute atomic E-state index is 4.55. The van der Waals surface area contributed by atoms with E-state index in [0.717, 1.165) is 43.6 Å². The molecule has 0 atom stereocenters. The average Bonchev–Trinajstić information content (AvgIpc) is 2.39. The molecule has 0 aromatic carbocycles. The number of nitrogens with zero attached hydrogens (tertiary/aromatic N) is 4. The van der Waals surface area contributed by atoms with E-state index in [9.17, 15) is 0 Å². The molecule has 0 spiro atoms. The zero-order valence-corrected chi connectivity index (χ0v) is 12.6. The molecule has 0 radical (unpaired) electrons. The molecule has 0 unspecified atom stereocenters. The van der Waals surface area contributed by atoms with E-state index in [4.69, 9.17) is 0 Å². The van der Waals surface area contributed by atoms with Crippen molar-refractivity contribution in [1.29, 1.82) is 0 Å². The van der Waals surface area contributed by atoms with Crippen LogP contribution in [-0.4, -0.2) is 47.6 Å². The fourth-order valence-corrected chi connectivity index (χ4v) is 2.47. The summed E-state index contributed by atoms with van der Waals surface area (Å²) in [6, 6.07) is 0. The molecule has 4 heteroatoms. The summed E-state index contributed by atoms with van der Waals surface area (Å²) in [6.45, 7) is 14.4. The van der Waals surface area contributed by atoms with Crippen LogP contribution in [0.1, 0.15) is 39.3 Å². The van der Waals surface area contributed by atoms with Crippen LogP contribution >= 0.6 is 0 Å². The van der Waals surface area contributed by atoms with E-state index < -0.39 is 0 Å². The quantitative estimate of drug-likeness (QED) is 0.834. The summed E-state index contributed by atoms with van der Waals surface area (Å²) in [5, 5.41) is 0. The third-order valence-corrected chi connectivity index (χ3v) is 3.57. The largest absolute Gasteiger partial charge is 0.353 e. The maximum atomic E-state index is 4.55. The topological polar surface area (TPSA) is 32.3 Å². The lowest BCUT2D eigenvalue weighted by Gasteiger charge is -2.36. The zero-order chi connectivity index (χ0) is 13.8. The molecule has 1 aromatic heterocycles. The van der Waals surface area contributed by atoms with E-state index in [1.165, 1.54) is 6.54 Å². The Bertz CT molecular complexity index is 378. The summed E-state index contributed by atoms with van der Waals surface area (Å²) >= 11 is 0. The molecular formula is C15H26N4. The van der Waals surface area contributed by atoms with Gasteiger partial charge >= 0.3 is 0 Å². The summed E-state index contributed by atoms with van der Waals surface area (Å²) < 4.78 is 0. The van der Waals surface area contributed by atoms with Gasteiger partial charge in [0.1, 0.15) is 5.82 Å². The first-order valence-electron chi connectivity index (χ1n) is 7.35. The van der Waals surface area contributed by atoms with Gasteiger partial charge in [0, 0.05) is 32.7 Å². The van der Waals surface area contributed by atoms with Gasteiger partial charge in [-0.2, -0.15) is 0 Å². The summed E-state index contributed by atoms with van der Waals surface area (Å²) in [5.41, 5.74) is 1.07. The van der Waals surface area contributed by atoms with E-state index in [0.29, 0.717) is 5.92 Å². The van der Waals surface area contributed by atoms with Gasteiger partial charge in [0.05, 0.1) is 18.1 Å². The number of anilines is 1. The number of hydrogen-bond acceptors (Lipinski definition) is 4. The van der Waals surface area contributed by atoms with Crippen LogP contribution in [0.2, 0.25) is 0 Å². The van der Waals surface area contributed by atoms with Crippen LogP contribution in [-0.2, 0) is 0 Å². The summed E-state index contributed by atoms with van der Waals surface area (Å²) in [5.74, 6) is 2.22. The van der Waals surface area contributed by atoms with Crippen LogP contribution in [0.5, 0.6) is 0 Å². The summed E-state index contributed by atoms with van der Waals surface area (Å²) in [6.07, 6.45) is 3.84. The SMILES string of the molecule is CC(C)CN1CCN(c2cnc(C(C)C)cn2)CC1. The molecule has 1 aromatic rings. The van der Waals surface area contributed by atoms with E-state index in [1.54, 1.807) is 0 Å². The second-order valence-electron chi connectivity index (χ2n) is 6.14. The smallest absolute Gasteiger partial charge is 0.147 e. The van der Waals surface area contributed by atoms with Gasteiger partial charge in [-0.1, -0.05) is 27.7 Å². The predicted molar refractivity (Wildman–Crippen MR) is 79.6 cm³/mol. The highest BCUT2D eigenvalue weighted by Gasteiger charge is 2.18. The van der Waals surface area contributed by atoms with Gasteiger partial charge in [0.15, 0.2) is 0 Å². The molecule has 2 rings (SSSR count). The Hall–Kier alpha value is -1.16. The van der Waals surface area contributed by atoms with Crippen molar-refractivity contribution in [3.63, 3.8) is 0 Å². The van der Waals surface area contributed by atoms with E-state index in [-0.39, 0.29) is 0 Å².